The number of carboxylic acids is 1. The van der Waals surface area contributed by atoms with E-state index in [4.69, 9.17) is 15.6 Å². The first kappa shape index (κ1) is 13.9. The summed E-state index contributed by atoms with van der Waals surface area (Å²) in [7, 11) is 1.51. The topological polar surface area (TPSA) is 141 Å². The number of anilines is 1. The van der Waals surface area contributed by atoms with Gasteiger partial charge < -0.3 is 20.9 Å². The average Bonchev–Trinajstić information content (AvgIpc) is 2.74. The van der Waals surface area contributed by atoms with E-state index in [-0.39, 0.29) is 17.9 Å². The molecule has 0 aromatic carbocycles. The van der Waals surface area contributed by atoms with Gasteiger partial charge in [-0.25, -0.2) is 9.42 Å². The van der Waals surface area contributed by atoms with Gasteiger partial charge in [0.25, 0.3) is 5.91 Å². The highest BCUT2D eigenvalue weighted by molar-refractivity contribution is 5.98. The van der Waals surface area contributed by atoms with Crippen molar-refractivity contribution in [3.8, 4) is 0 Å². The highest BCUT2D eigenvalue weighted by atomic mass is 16.6. The minimum Gasteiger partial charge on any atom is -0.480 e. The minimum absolute atomic E-state index is 0.187. The standard InChI is InChI=1S/C9H14N4O5/c1-17-4-2-3-5(9(15)16)11-8(14)6-7(10)13-18-12-6/h5H,2-4H2,1H3,(H2,10,13)(H,11,14)(H,15,16). The van der Waals surface area contributed by atoms with Crippen LogP contribution in [0.5, 0.6) is 0 Å². The zero-order chi connectivity index (χ0) is 13.5. The lowest BCUT2D eigenvalue weighted by molar-refractivity contribution is -0.139. The number of amides is 1. The second-order valence-corrected chi connectivity index (χ2v) is 3.50. The van der Waals surface area contributed by atoms with Crippen molar-refractivity contribution >= 4 is 17.7 Å². The first-order valence-corrected chi connectivity index (χ1v) is 5.17. The van der Waals surface area contributed by atoms with Crippen molar-refractivity contribution in [2.45, 2.75) is 18.9 Å². The third kappa shape index (κ3) is 3.70. The van der Waals surface area contributed by atoms with Gasteiger partial charge in [-0.15, -0.1) is 0 Å². The molecule has 1 atom stereocenters. The monoisotopic (exact) mass is 258 g/mol. The molecule has 1 aromatic rings. The van der Waals surface area contributed by atoms with Crippen LogP contribution in [0.1, 0.15) is 23.3 Å². The zero-order valence-electron chi connectivity index (χ0n) is 9.75. The van der Waals surface area contributed by atoms with Gasteiger partial charge in [0.2, 0.25) is 11.5 Å². The molecule has 0 aliphatic heterocycles. The van der Waals surface area contributed by atoms with Crippen molar-refractivity contribution in [1.82, 2.24) is 15.6 Å². The minimum atomic E-state index is -1.14. The fourth-order valence-corrected chi connectivity index (χ4v) is 1.27. The smallest absolute Gasteiger partial charge is 0.326 e. The van der Waals surface area contributed by atoms with Gasteiger partial charge in [0.05, 0.1) is 0 Å². The van der Waals surface area contributed by atoms with Crippen molar-refractivity contribution in [3.63, 3.8) is 0 Å². The SMILES string of the molecule is COCCCC(NC(=O)c1nonc1N)C(=O)O. The predicted octanol–water partition coefficient (Wildman–Crippen LogP) is -0.739. The van der Waals surface area contributed by atoms with Crippen LogP contribution in [0.2, 0.25) is 0 Å². The van der Waals surface area contributed by atoms with E-state index in [2.05, 4.69) is 20.3 Å². The van der Waals surface area contributed by atoms with Crippen molar-refractivity contribution in [1.29, 1.82) is 0 Å². The second-order valence-electron chi connectivity index (χ2n) is 3.50. The fraction of sp³-hybridized carbons (Fsp3) is 0.556. The van der Waals surface area contributed by atoms with Crippen LogP contribution in [-0.4, -0.2) is 47.1 Å². The van der Waals surface area contributed by atoms with Crippen molar-refractivity contribution in [2.24, 2.45) is 0 Å². The number of nitrogens with two attached hydrogens (primary N) is 1. The summed E-state index contributed by atoms with van der Waals surface area (Å²) in [5.74, 6) is -2.07. The second kappa shape index (κ2) is 6.55. The highest BCUT2D eigenvalue weighted by Gasteiger charge is 2.23. The molecule has 9 heteroatoms. The van der Waals surface area contributed by atoms with E-state index in [1.807, 2.05) is 0 Å². The van der Waals surface area contributed by atoms with Crippen LogP contribution in [0.4, 0.5) is 5.82 Å². The van der Waals surface area contributed by atoms with Gasteiger partial charge >= 0.3 is 5.97 Å². The van der Waals surface area contributed by atoms with Crippen LogP contribution in [0.25, 0.3) is 0 Å². The van der Waals surface area contributed by atoms with E-state index in [9.17, 15) is 9.59 Å². The summed E-state index contributed by atoms with van der Waals surface area (Å²) in [6.07, 6.45) is 0.737. The number of aliphatic carboxylic acids is 1. The summed E-state index contributed by atoms with van der Waals surface area (Å²) < 4.78 is 9.06. The Kier molecular flexibility index (Phi) is 5.06. The Morgan fingerprint density at radius 2 is 2.28 bits per heavy atom. The fourth-order valence-electron chi connectivity index (χ4n) is 1.27. The molecule has 0 saturated heterocycles. The number of ether oxygens (including phenoxy) is 1. The molecule has 0 bridgehead atoms. The third-order valence-electron chi connectivity index (χ3n) is 2.17. The summed E-state index contributed by atoms with van der Waals surface area (Å²) in [6, 6.07) is -1.04. The molecule has 4 N–H and O–H groups in total. The van der Waals surface area contributed by atoms with Gasteiger partial charge in [-0.1, -0.05) is 0 Å². The number of hydrogen-bond acceptors (Lipinski definition) is 7. The normalized spacial score (nSPS) is 12.1. The zero-order valence-corrected chi connectivity index (χ0v) is 9.75. The van der Waals surface area contributed by atoms with Gasteiger partial charge in [0, 0.05) is 13.7 Å². The Hall–Kier alpha value is -2.16. The van der Waals surface area contributed by atoms with Crippen LogP contribution in [-0.2, 0) is 9.53 Å². The molecule has 0 radical (unpaired) electrons. The quantitative estimate of drug-likeness (QED) is 0.543. The molecule has 9 nitrogen and oxygen atoms in total. The van der Waals surface area contributed by atoms with Crippen LogP contribution >= 0.6 is 0 Å². The van der Waals surface area contributed by atoms with E-state index < -0.39 is 17.9 Å². The number of carboxylic acid groups (broad SMARTS) is 1. The van der Waals surface area contributed by atoms with Gasteiger partial charge in [-0.3, -0.25) is 4.79 Å². The molecule has 0 fully saturated rings. The Bertz CT molecular complexity index is 419. The number of carbonyl (C=O) groups excluding carboxylic acids is 1. The van der Waals surface area contributed by atoms with Crippen molar-refractivity contribution in [3.05, 3.63) is 5.69 Å². The number of carbonyl (C=O) groups is 2. The molecule has 0 saturated carbocycles. The van der Waals surface area contributed by atoms with Crippen LogP contribution < -0.4 is 11.1 Å². The summed E-state index contributed by atoms with van der Waals surface area (Å²) >= 11 is 0. The summed E-state index contributed by atoms with van der Waals surface area (Å²) in [5.41, 5.74) is 5.09. The molecule has 1 amide bonds. The summed E-state index contributed by atoms with van der Waals surface area (Å²) in [5, 5.41) is 17.7. The summed E-state index contributed by atoms with van der Waals surface area (Å²) in [6.45, 7) is 0.410. The van der Waals surface area contributed by atoms with E-state index in [1.165, 1.54) is 7.11 Å². The van der Waals surface area contributed by atoms with Crippen molar-refractivity contribution in [2.75, 3.05) is 19.5 Å². The number of hydrogen-bond donors (Lipinski definition) is 3. The number of methoxy groups -OCH3 is 1. The molecule has 1 unspecified atom stereocenters. The Morgan fingerprint density at radius 1 is 1.56 bits per heavy atom. The van der Waals surface area contributed by atoms with Crippen LogP contribution in [0.3, 0.4) is 0 Å². The molecule has 1 aromatic heterocycles. The third-order valence-corrected chi connectivity index (χ3v) is 2.17. The first-order valence-electron chi connectivity index (χ1n) is 5.17. The maximum Gasteiger partial charge on any atom is 0.326 e. The number of rotatable bonds is 7. The molecule has 1 heterocycles. The van der Waals surface area contributed by atoms with Crippen LogP contribution in [0.15, 0.2) is 4.63 Å². The predicted molar refractivity (Wildman–Crippen MR) is 58.7 cm³/mol. The number of nitrogens with one attached hydrogen (secondary N) is 1. The molecular weight excluding hydrogens is 244 g/mol. The maximum absolute atomic E-state index is 11.6. The van der Waals surface area contributed by atoms with Crippen molar-refractivity contribution < 1.29 is 24.1 Å². The molecule has 0 aliphatic carbocycles. The number of aromatic nitrogens is 2. The lowest BCUT2D eigenvalue weighted by atomic mass is 10.1. The van der Waals surface area contributed by atoms with E-state index >= 15 is 0 Å². The Balaban J connectivity index is 2.58. The van der Waals surface area contributed by atoms with Gasteiger partial charge in [-0.2, -0.15) is 0 Å². The lowest BCUT2D eigenvalue weighted by Crippen LogP contribution is -2.41. The molecule has 18 heavy (non-hydrogen) atoms. The van der Waals surface area contributed by atoms with Gasteiger partial charge in [-0.05, 0) is 23.2 Å². The molecule has 1 rings (SSSR count). The van der Waals surface area contributed by atoms with Gasteiger partial charge in [0.15, 0.2) is 0 Å². The Labute approximate surface area is 102 Å². The number of nitrogen functional groups attached to an aromatic ring is 1. The van der Waals surface area contributed by atoms with E-state index in [1.54, 1.807) is 0 Å². The summed E-state index contributed by atoms with van der Waals surface area (Å²) in [4.78, 5) is 22.6. The highest BCUT2D eigenvalue weighted by Crippen LogP contribution is 2.05. The Morgan fingerprint density at radius 3 is 2.78 bits per heavy atom. The van der Waals surface area contributed by atoms with E-state index in [0.717, 1.165) is 0 Å². The van der Waals surface area contributed by atoms with E-state index in [0.29, 0.717) is 13.0 Å². The molecular formula is C9H14N4O5. The molecule has 100 valence electrons. The van der Waals surface area contributed by atoms with Crippen LogP contribution in [0, 0.1) is 0 Å². The largest absolute Gasteiger partial charge is 0.480 e. The maximum atomic E-state index is 11.6. The first-order chi connectivity index (χ1) is 8.56. The number of nitrogens with zero attached hydrogens (tertiary/aromatic N) is 2. The lowest BCUT2D eigenvalue weighted by Gasteiger charge is -2.13. The average molecular weight is 258 g/mol. The molecule has 0 aliphatic rings. The van der Waals surface area contributed by atoms with Gasteiger partial charge in [0.1, 0.15) is 6.04 Å². The molecule has 0 spiro atoms.